The van der Waals surface area contributed by atoms with Crippen LogP contribution in [-0.2, 0) is 0 Å². The molecule has 7 heteroatoms. The molecule has 1 aromatic rings. The molecule has 0 spiro atoms. The molecule has 110 valence electrons. The number of aromatic nitrogens is 1. The SMILES string of the molecule is NNc1ncc(C(=O)NCCN2CCCCC2)cc1Cl. The third-order valence-corrected chi connectivity index (χ3v) is 3.69. The van der Waals surface area contributed by atoms with Crippen LogP contribution >= 0.6 is 11.6 Å². The first-order chi connectivity index (χ1) is 9.70. The van der Waals surface area contributed by atoms with Gasteiger partial charge in [-0.2, -0.15) is 0 Å². The minimum absolute atomic E-state index is 0.167. The number of nitrogens with zero attached hydrogens (tertiary/aromatic N) is 2. The third-order valence-electron chi connectivity index (χ3n) is 3.40. The number of rotatable bonds is 5. The highest BCUT2D eigenvalue weighted by molar-refractivity contribution is 6.33. The van der Waals surface area contributed by atoms with Gasteiger partial charge in [-0.05, 0) is 32.0 Å². The second-order valence-corrected chi connectivity index (χ2v) is 5.26. The lowest BCUT2D eigenvalue weighted by atomic mass is 10.1. The first-order valence-electron chi connectivity index (χ1n) is 6.83. The first kappa shape index (κ1) is 15.0. The zero-order valence-electron chi connectivity index (χ0n) is 11.4. The molecule has 20 heavy (non-hydrogen) atoms. The average Bonchev–Trinajstić information content (AvgIpc) is 2.48. The van der Waals surface area contributed by atoms with Crippen LogP contribution in [0.5, 0.6) is 0 Å². The predicted octanol–water partition coefficient (Wildman–Crippen LogP) is 1.24. The minimum atomic E-state index is -0.167. The van der Waals surface area contributed by atoms with E-state index in [0.717, 1.165) is 19.6 Å². The lowest BCUT2D eigenvalue weighted by Gasteiger charge is -2.26. The molecule has 1 amide bonds. The summed E-state index contributed by atoms with van der Waals surface area (Å²) >= 11 is 5.94. The van der Waals surface area contributed by atoms with Gasteiger partial charge in [0.2, 0.25) is 0 Å². The van der Waals surface area contributed by atoms with Crippen molar-refractivity contribution in [2.24, 2.45) is 5.84 Å². The summed E-state index contributed by atoms with van der Waals surface area (Å²) in [5.74, 6) is 5.43. The molecule has 6 nitrogen and oxygen atoms in total. The third kappa shape index (κ3) is 4.06. The zero-order chi connectivity index (χ0) is 14.4. The summed E-state index contributed by atoms with van der Waals surface area (Å²) in [7, 11) is 0. The number of nitrogens with one attached hydrogen (secondary N) is 2. The fourth-order valence-corrected chi connectivity index (χ4v) is 2.50. The van der Waals surface area contributed by atoms with Crippen molar-refractivity contribution >= 4 is 23.3 Å². The number of amides is 1. The number of anilines is 1. The molecule has 0 unspecified atom stereocenters. The van der Waals surface area contributed by atoms with Crippen molar-refractivity contribution in [3.63, 3.8) is 0 Å². The number of nitrogen functional groups attached to an aromatic ring is 1. The van der Waals surface area contributed by atoms with Gasteiger partial charge in [-0.25, -0.2) is 10.8 Å². The quantitative estimate of drug-likeness (QED) is 0.562. The van der Waals surface area contributed by atoms with Crippen molar-refractivity contribution in [1.82, 2.24) is 15.2 Å². The van der Waals surface area contributed by atoms with Gasteiger partial charge in [0.05, 0.1) is 10.6 Å². The van der Waals surface area contributed by atoms with E-state index in [-0.39, 0.29) is 5.91 Å². The summed E-state index contributed by atoms with van der Waals surface area (Å²) in [5, 5.41) is 3.21. The number of hydrogen-bond acceptors (Lipinski definition) is 5. The normalized spacial score (nSPS) is 15.9. The Labute approximate surface area is 123 Å². The van der Waals surface area contributed by atoms with Crippen molar-refractivity contribution in [3.8, 4) is 0 Å². The van der Waals surface area contributed by atoms with Gasteiger partial charge < -0.3 is 15.6 Å². The van der Waals surface area contributed by atoms with E-state index in [0.29, 0.717) is 22.9 Å². The molecule has 0 bridgehead atoms. The molecule has 2 rings (SSSR count). The predicted molar refractivity (Wildman–Crippen MR) is 79.7 cm³/mol. The number of hydrazine groups is 1. The highest BCUT2D eigenvalue weighted by atomic mass is 35.5. The van der Waals surface area contributed by atoms with Crippen LogP contribution in [0.3, 0.4) is 0 Å². The molecule has 0 aromatic carbocycles. The van der Waals surface area contributed by atoms with E-state index in [9.17, 15) is 4.79 Å². The summed E-state index contributed by atoms with van der Waals surface area (Å²) in [6.07, 6.45) is 5.27. The van der Waals surface area contributed by atoms with Crippen molar-refractivity contribution in [1.29, 1.82) is 0 Å². The van der Waals surface area contributed by atoms with Crippen LogP contribution in [0.2, 0.25) is 5.02 Å². The average molecular weight is 298 g/mol. The second kappa shape index (κ2) is 7.42. The Balaban J connectivity index is 1.80. The Morgan fingerprint density at radius 3 is 2.80 bits per heavy atom. The van der Waals surface area contributed by atoms with Gasteiger partial charge in [0, 0.05) is 19.3 Å². The molecular formula is C13H20ClN5O. The molecule has 4 N–H and O–H groups in total. The van der Waals surface area contributed by atoms with E-state index in [1.807, 2.05) is 0 Å². The highest BCUT2D eigenvalue weighted by Gasteiger charge is 2.12. The van der Waals surface area contributed by atoms with Crippen LogP contribution < -0.4 is 16.6 Å². The van der Waals surface area contributed by atoms with Crippen molar-refractivity contribution in [2.45, 2.75) is 19.3 Å². The number of likely N-dealkylation sites (tertiary alicyclic amines) is 1. The number of nitrogens with two attached hydrogens (primary N) is 1. The van der Waals surface area contributed by atoms with Gasteiger partial charge in [-0.1, -0.05) is 18.0 Å². The number of carbonyl (C=O) groups is 1. The summed E-state index contributed by atoms with van der Waals surface area (Å²) < 4.78 is 0. The molecule has 0 saturated carbocycles. The van der Waals surface area contributed by atoms with Crippen LogP contribution in [0.25, 0.3) is 0 Å². The molecule has 0 atom stereocenters. The van der Waals surface area contributed by atoms with Crippen LogP contribution in [0.1, 0.15) is 29.6 Å². The van der Waals surface area contributed by atoms with Crippen molar-refractivity contribution < 1.29 is 4.79 Å². The molecule has 1 fully saturated rings. The van der Waals surface area contributed by atoms with Crippen LogP contribution in [0.4, 0.5) is 5.82 Å². The molecule has 1 saturated heterocycles. The summed E-state index contributed by atoms with van der Waals surface area (Å²) in [6.45, 7) is 3.77. The Morgan fingerprint density at radius 2 is 2.15 bits per heavy atom. The summed E-state index contributed by atoms with van der Waals surface area (Å²) in [6, 6.07) is 1.56. The molecule has 2 heterocycles. The largest absolute Gasteiger partial charge is 0.351 e. The van der Waals surface area contributed by atoms with Gasteiger partial charge in [0.1, 0.15) is 0 Å². The van der Waals surface area contributed by atoms with Crippen molar-refractivity contribution in [3.05, 3.63) is 22.8 Å². The number of carbonyl (C=O) groups excluding carboxylic acids is 1. The molecule has 1 aromatic heterocycles. The smallest absolute Gasteiger partial charge is 0.252 e. The minimum Gasteiger partial charge on any atom is -0.351 e. The molecule has 1 aliphatic rings. The van der Waals surface area contributed by atoms with Crippen LogP contribution in [0, 0.1) is 0 Å². The Kier molecular flexibility index (Phi) is 5.58. The lowest BCUT2D eigenvalue weighted by molar-refractivity contribution is 0.0946. The maximum atomic E-state index is 12.0. The Hall–Kier alpha value is -1.37. The van der Waals surface area contributed by atoms with Crippen molar-refractivity contribution in [2.75, 3.05) is 31.6 Å². The molecule has 1 aliphatic heterocycles. The molecule has 0 aliphatic carbocycles. The number of pyridine rings is 1. The maximum Gasteiger partial charge on any atom is 0.252 e. The monoisotopic (exact) mass is 297 g/mol. The van der Waals surface area contributed by atoms with E-state index < -0.39 is 0 Å². The fraction of sp³-hybridized carbons (Fsp3) is 0.538. The summed E-state index contributed by atoms with van der Waals surface area (Å²) in [5.41, 5.74) is 2.80. The zero-order valence-corrected chi connectivity index (χ0v) is 12.1. The first-order valence-corrected chi connectivity index (χ1v) is 7.21. The van der Waals surface area contributed by atoms with Gasteiger partial charge in [-0.15, -0.1) is 0 Å². The summed E-state index contributed by atoms with van der Waals surface area (Å²) in [4.78, 5) is 18.3. The topological polar surface area (TPSA) is 83.3 Å². The lowest BCUT2D eigenvalue weighted by Crippen LogP contribution is -2.37. The van der Waals surface area contributed by atoms with E-state index in [4.69, 9.17) is 17.4 Å². The van der Waals surface area contributed by atoms with Gasteiger partial charge >= 0.3 is 0 Å². The van der Waals surface area contributed by atoms with Gasteiger partial charge in [0.25, 0.3) is 5.91 Å². The maximum absolute atomic E-state index is 12.0. The fourth-order valence-electron chi connectivity index (χ4n) is 2.28. The van der Waals surface area contributed by atoms with Gasteiger partial charge in [0.15, 0.2) is 5.82 Å². The number of hydrogen-bond donors (Lipinski definition) is 3. The van der Waals surface area contributed by atoms with Crippen LogP contribution in [0.15, 0.2) is 12.3 Å². The Bertz CT molecular complexity index is 462. The highest BCUT2D eigenvalue weighted by Crippen LogP contribution is 2.18. The van der Waals surface area contributed by atoms with E-state index in [1.54, 1.807) is 6.07 Å². The number of piperidine rings is 1. The standard InChI is InChI=1S/C13H20ClN5O/c14-11-8-10(9-17-12(11)18-15)13(20)16-4-7-19-5-2-1-3-6-19/h8-9H,1-7,15H2,(H,16,20)(H,17,18). The van der Waals surface area contributed by atoms with E-state index in [2.05, 4.69) is 20.6 Å². The molecule has 0 radical (unpaired) electrons. The van der Waals surface area contributed by atoms with E-state index >= 15 is 0 Å². The Morgan fingerprint density at radius 1 is 1.40 bits per heavy atom. The number of halogens is 1. The van der Waals surface area contributed by atoms with Crippen LogP contribution in [-0.4, -0.2) is 42.0 Å². The second-order valence-electron chi connectivity index (χ2n) is 4.86. The molecular weight excluding hydrogens is 278 g/mol. The van der Waals surface area contributed by atoms with Gasteiger partial charge in [-0.3, -0.25) is 4.79 Å². The van der Waals surface area contributed by atoms with E-state index in [1.165, 1.54) is 25.5 Å².